The van der Waals surface area contributed by atoms with Gasteiger partial charge in [-0.15, -0.1) is 0 Å². The highest BCUT2D eigenvalue weighted by Gasteiger charge is 2.37. The lowest BCUT2D eigenvalue weighted by Crippen LogP contribution is -2.29. The minimum atomic E-state index is -0.510. The van der Waals surface area contributed by atoms with Gasteiger partial charge in [-0.2, -0.15) is 0 Å². The number of nitro groups is 1. The van der Waals surface area contributed by atoms with E-state index in [0.717, 1.165) is 9.37 Å². The number of amides is 2. The van der Waals surface area contributed by atoms with Crippen LogP contribution in [0.2, 0.25) is 0 Å². The molecule has 1 aromatic heterocycles. The number of hydrogen-bond donors (Lipinski definition) is 0. The lowest BCUT2D eigenvalue weighted by atomic mass is 10.1. The van der Waals surface area contributed by atoms with E-state index >= 15 is 0 Å². The van der Waals surface area contributed by atoms with Crippen LogP contribution in [-0.2, 0) is 0 Å². The van der Waals surface area contributed by atoms with Crippen LogP contribution >= 0.6 is 15.9 Å². The number of rotatable bonds is 3. The Morgan fingerprint density at radius 1 is 0.933 bits per heavy atom. The number of benzene rings is 3. The van der Waals surface area contributed by atoms with Crippen molar-refractivity contribution in [2.24, 2.45) is 0 Å². The fraction of sp³-hybridized carbons (Fsp3) is 0. The molecule has 1 aliphatic rings. The van der Waals surface area contributed by atoms with Crippen LogP contribution in [0, 0.1) is 10.1 Å². The van der Waals surface area contributed by atoms with Gasteiger partial charge >= 0.3 is 0 Å². The van der Waals surface area contributed by atoms with Crippen LogP contribution in [-0.4, -0.2) is 21.7 Å². The molecule has 1 aliphatic heterocycles. The predicted molar refractivity (Wildman–Crippen MR) is 111 cm³/mol. The van der Waals surface area contributed by atoms with E-state index in [1.54, 1.807) is 42.5 Å². The van der Waals surface area contributed by atoms with Crippen molar-refractivity contribution in [3.05, 3.63) is 86.4 Å². The van der Waals surface area contributed by atoms with Gasteiger partial charge in [-0.1, -0.05) is 15.9 Å². The van der Waals surface area contributed by atoms with Crippen LogP contribution in [0.3, 0.4) is 0 Å². The van der Waals surface area contributed by atoms with Gasteiger partial charge in [0.1, 0.15) is 5.52 Å². The molecule has 0 saturated heterocycles. The van der Waals surface area contributed by atoms with Gasteiger partial charge in [0.05, 0.1) is 21.7 Å². The largest absolute Gasteiger partial charge is 0.436 e. The van der Waals surface area contributed by atoms with E-state index in [4.69, 9.17) is 4.42 Å². The summed E-state index contributed by atoms with van der Waals surface area (Å²) in [5, 5.41) is 11.0. The minimum Gasteiger partial charge on any atom is -0.436 e. The Morgan fingerprint density at radius 2 is 1.67 bits per heavy atom. The van der Waals surface area contributed by atoms with E-state index in [9.17, 15) is 19.7 Å². The first kappa shape index (κ1) is 18.2. The van der Waals surface area contributed by atoms with Crippen LogP contribution < -0.4 is 4.90 Å². The third-order valence-electron chi connectivity index (χ3n) is 4.80. The number of nitro benzene ring substituents is 1. The molecule has 0 bridgehead atoms. The molecule has 0 fully saturated rings. The summed E-state index contributed by atoms with van der Waals surface area (Å²) in [6.45, 7) is 0. The molecule has 4 aromatic rings. The number of oxazole rings is 1. The Kier molecular flexibility index (Phi) is 4.00. The van der Waals surface area contributed by atoms with Crippen molar-refractivity contribution in [2.75, 3.05) is 4.90 Å². The monoisotopic (exact) mass is 463 g/mol. The molecule has 146 valence electrons. The summed E-state index contributed by atoms with van der Waals surface area (Å²) in [7, 11) is 0. The third-order valence-corrected chi connectivity index (χ3v) is 5.33. The van der Waals surface area contributed by atoms with Crippen molar-refractivity contribution in [3.8, 4) is 11.5 Å². The van der Waals surface area contributed by atoms with E-state index in [1.165, 1.54) is 18.2 Å². The molecule has 3 aromatic carbocycles. The average molecular weight is 464 g/mol. The number of hydrogen-bond acceptors (Lipinski definition) is 6. The standard InChI is InChI=1S/C21H10BrN3O5/c22-12-2-4-13(5-3-12)24-20(26)15-7-1-11(9-16(15)21(24)27)19-23-17-10-14(25(28)29)6-8-18(17)30-19/h1-10H. The highest BCUT2D eigenvalue weighted by atomic mass is 79.9. The van der Waals surface area contributed by atoms with Crippen LogP contribution in [0.1, 0.15) is 20.7 Å². The Bertz CT molecular complexity index is 1380. The molecule has 8 nitrogen and oxygen atoms in total. The molecule has 0 saturated carbocycles. The summed E-state index contributed by atoms with van der Waals surface area (Å²) in [6, 6.07) is 15.7. The van der Waals surface area contributed by atoms with E-state index in [0.29, 0.717) is 27.9 Å². The zero-order valence-corrected chi connectivity index (χ0v) is 16.6. The minimum absolute atomic E-state index is 0.0952. The second-order valence-corrected chi connectivity index (χ2v) is 7.53. The molecule has 2 amide bonds. The first-order chi connectivity index (χ1) is 14.4. The summed E-state index contributed by atoms with van der Waals surface area (Å²) < 4.78 is 6.52. The molecular formula is C21H10BrN3O5. The number of anilines is 1. The third kappa shape index (κ3) is 2.79. The number of non-ortho nitro benzene ring substituents is 1. The SMILES string of the molecule is O=C1c2ccc(-c3nc4cc([N+](=O)[O-])ccc4o3)cc2C(=O)N1c1ccc(Br)cc1. The molecule has 2 heterocycles. The summed E-state index contributed by atoms with van der Waals surface area (Å²) in [5.74, 6) is -0.640. The van der Waals surface area contributed by atoms with Crippen molar-refractivity contribution in [2.45, 2.75) is 0 Å². The van der Waals surface area contributed by atoms with E-state index in [-0.39, 0.29) is 17.1 Å². The summed E-state index contributed by atoms with van der Waals surface area (Å²) in [4.78, 5) is 41.6. The average Bonchev–Trinajstić information content (AvgIpc) is 3.27. The summed E-state index contributed by atoms with van der Waals surface area (Å²) in [5.41, 5.74) is 2.12. The Balaban J connectivity index is 1.55. The van der Waals surface area contributed by atoms with Gasteiger partial charge in [0.15, 0.2) is 5.58 Å². The van der Waals surface area contributed by atoms with E-state index < -0.39 is 16.7 Å². The zero-order valence-electron chi connectivity index (χ0n) is 15.0. The van der Waals surface area contributed by atoms with Gasteiger partial charge in [0.2, 0.25) is 5.89 Å². The number of halogens is 1. The maximum absolute atomic E-state index is 12.9. The van der Waals surface area contributed by atoms with Gasteiger partial charge in [0.25, 0.3) is 17.5 Å². The fourth-order valence-electron chi connectivity index (χ4n) is 3.35. The Labute approximate surface area is 177 Å². The second-order valence-electron chi connectivity index (χ2n) is 6.61. The number of carbonyl (C=O) groups excluding carboxylic acids is 2. The number of imide groups is 1. The van der Waals surface area contributed by atoms with Gasteiger partial charge in [0, 0.05) is 22.2 Å². The van der Waals surface area contributed by atoms with Crippen LogP contribution in [0.15, 0.2) is 69.6 Å². The van der Waals surface area contributed by atoms with Crippen molar-refractivity contribution in [1.29, 1.82) is 0 Å². The van der Waals surface area contributed by atoms with Gasteiger partial charge < -0.3 is 4.42 Å². The number of nitrogens with zero attached hydrogens (tertiary/aromatic N) is 3. The zero-order chi connectivity index (χ0) is 21.0. The number of aromatic nitrogens is 1. The van der Waals surface area contributed by atoms with Crippen LogP contribution in [0.4, 0.5) is 11.4 Å². The topological polar surface area (TPSA) is 107 Å². The van der Waals surface area contributed by atoms with E-state index in [1.807, 2.05) is 0 Å². The lowest BCUT2D eigenvalue weighted by Gasteiger charge is -2.13. The first-order valence-electron chi connectivity index (χ1n) is 8.76. The van der Waals surface area contributed by atoms with E-state index in [2.05, 4.69) is 20.9 Å². The summed E-state index contributed by atoms with van der Waals surface area (Å²) >= 11 is 3.33. The van der Waals surface area contributed by atoms with Crippen molar-refractivity contribution in [3.63, 3.8) is 0 Å². The Hall–Kier alpha value is -3.85. The molecule has 0 atom stereocenters. The van der Waals surface area contributed by atoms with Crippen LogP contribution in [0.5, 0.6) is 0 Å². The van der Waals surface area contributed by atoms with Crippen molar-refractivity contribution in [1.82, 2.24) is 4.98 Å². The molecule has 9 heteroatoms. The van der Waals surface area contributed by atoms with Gasteiger partial charge in [-0.3, -0.25) is 19.7 Å². The fourth-order valence-corrected chi connectivity index (χ4v) is 3.62. The highest BCUT2D eigenvalue weighted by molar-refractivity contribution is 9.10. The molecule has 0 unspecified atom stereocenters. The molecule has 0 aliphatic carbocycles. The smallest absolute Gasteiger partial charge is 0.271 e. The quantitative estimate of drug-likeness (QED) is 0.241. The van der Waals surface area contributed by atoms with Gasteiger partial charge in [-0.05, 0) is 48.5 Å². The Morgan fingerprint density at radius 3 is 2.40 bits per heavy atom. The lowest BCUT2D eigenvalue weighted by molar-refractivity contribution is -0.384. The number of carbonyl (C=O) groups is 2. The predicted octanol–water partition coefficient (Wildman–Crippen LogP) is 4.97. The van der Waals surface area contributed by atoms with Gasteiger partial charge in [-0.25, -0.2) is 9.88 Å². The first-order valence-corrected chi connectivity index (χ1v) is 9.55. The molecule has 0 radical (unpaired) electrons. The van der Waals surface area contributed by atoms with Crippen LogP contribution in [0.25, 0.3) is 22.6 Å². The molecular weight excluding hydrogens is 454 g/mol. The molecule has 0 N–H and O–H groups in total. The second kappa shape index (κ2) is 6.60. The van der Waals surface area contributed by atoms with Crippen molar-refractivity contribution >= 4 is 50.2 Å². The molecule has 0 spiro atoms. The normalized spacial score (nSPS) is 13.2. The molecule has 5 rings (SSSR count). The highest BCUT2D eigenvalue weighted by Crippen LogP contribution is 2.33. The van der Waals surface area contributed by atoms with Crippen molar-refractivity contribution < 1.29 is 18.9 Å². The maximum atomic E-state index is 12.9. The number of fused-ring (bicyclic) bond motifs is 2. The summed E-state index contributed by atoms with van der Waals surface area (Å²) in [6.07, 6.45) is 0. The molecule has 30 heavy (non-hydrogen) atoms. The maximum Gasteiger partial charge on any atom is 0.271 e.